The summed E-state index contributed by atoms with van der Waals surface area (Å²) in [5.41, 5.74) is 2.05. The lowest BCUT2D eigenvalue weighted by Crippen LogP contribution is -2.36. The van der Waals surface area contributed by atoms with Crippen LogP contribution < -0.4 is 10.2 Å². The zero-order chi connectivity index (χ0) is 18.6. The molecule has 0 spiro atoms. The lowest BCUT2D eigenvalue weighted by atomic mass is 10.1. The van der Waals surface area contributed by atoms with E-state index >= 15 is 0 Å². The van der Waals surface area contributed by atoms with Crippen molar-refractivity contribution in [2.75, 3.05) is 56.3 Å². The quantitative estimate of drug-likeness (QED) is 0.827. The zero-order valence-corrected chi connectivity index (χ0v) is 15.6. The van der Waals surface area contributed by atoms with Gasteiger partial charge in [0, 0.05) is 26.7 Å². The molecule has 8 heteroatoms. The van der Waals surface area contributed by atoms with Gasteiger partial charge in [0.1, 0.15) is 6.61 Å². The fraction of sp³-hybridized carbons (Fsp3) is 0.579. The summed E-state index contributed by atoms with van der Waals surface area (Å²) in [5.74, 6) is 0.366. The minimum Gasteiger partial charge on any atom is -0.378 e. The monoisotopic (exact) mass is 374 g/mol. The molecule has 8 nitrogen and oxygen atoms in total. The van der Waals surface area contributed by atoms with Crippen LogP contribution in [0.2, 0.25) is 0 Å². The molecule has 27 heavy (non-hydrogen) atoms. The minimum absolute atomic E-state index is 0.00233. The largest absolute Gasteiger partial charge is 0.378 e. The van der Waals surface area contributed by atoms with Crippen LogP contribution >= 0.6 is 0 Å². The molecule has 1 aromatic heterocycles. The summed E-state index contributed by atoms with van der Waals surface area (Å²) in [6, 6.07) is 6.10. The first-order chi connectivity index (χ1) is 13.2. The highest BCUT2D eigenvalue weighted by atomic mass is 16.5. The fourth-order valence-corrected chi connectivity index (χ4v) is 3.68. The number of hydrogen-bond acceptors (Lipinski definition) is 6. The molecule has 0 radical (unpaired) electrons. The number of fused-ring (bicyclic) bond motifs is 1. The average molecular weight is 374 g/mol. The third-order valence-corrected chi connectivity index (χ3v) is 5.03. The molecule has 3 heterocycles. The van der Waals surface area contributed by atoms with Gasteiger partial charge in [-0.1, -0.05) is 6.07 Å². The second kappa shape index (κ2) is 8.24. The molecule has 0 unspecified atom stereocenters. The lowest BCUT2D eigenvalue weighted by molar-refractivity contribution is -0.121. The van der Waals surface area contributed by atoms with Gasteiger partial charge in [-0.25, -0.2) is 0 Å². The van der Waals surface area contributed by atoms with Gasteiger partial charge in [-0.2, -0.15) is 5.10 Å². The van der Waals surface area contributed by atoms with E-state index in [-0.39, 0.29) is 18.6 Å². The van der Waals surface area contributed by atoms with Crippen LogP contribution in [-0.4, -0.2) is 67.9 Å². The maximum absolute atomic E-state index is 12.4. The number of amides is 1. The molecule has 0 saturated carbocycles. The van der Waals surface area contributed by atoms with Crippen LogP contribution in [-0.2, 0) is 26.1 Å². The Morgan fingerprint density at radius 1 is 1.33 bits per heavy atom. The van der Waals surface area contributed by atoms with E-state index < -0.39 is 0 Å². The van der Waals surface area contributed by atoms with E-state index in [1.165, 1.54) is 0 Å². The Morgan fingerprint density at radius 3 is 2.96 bits per heavy atom. The number of ether oxygens (including phenoxy) is 3. The second-order valence-electron chi connectivity index (χ2n) is 6.94. The summed E-state index contributed by atoms with van der Waals surface area (Å²) in [4.78, 5) is 14.6. The van der Waals surface area contributed by atoms with Gasteiger partial charge in [-0.05, 0) is 25.0 Å². The lowest BCUT2D eigenvalue weighted by Gasteiger charge is -2.29. The summed E-state index contributed by atoms with van der Waals surface area (Å²) in [6.45, 7) is 4.29. The highest BCUT2D eigenvalue weighted by Gasteiger charge is 2.21. The van der Waals surface area contributed by atoms with Crippen molar-refractivity contribution in [3.8, 4) is 0 Å². The average Bonchev–Trinajstić information content (AvgIpc) is 3.31. The van der Waals surface area contributed by atoms with Crippen LogP contribution in [0.4, 0.5) is 11.5 Å². The molecular weight excluding hydrogens is 348 g/mol. The summed E-state index contributed by atoms with van der Waals surface area (Å²) in [6.07, 6.45) is 2.17. The summed E-state index contributed by atoms with van der Waals surface area (Å²) in [7, 11) is 1.88. The Kier molecular flexibility index (Phi) is 5.56. The standard InChI is InChI=1S/C19H26N4O4/c1-22-15-5-2-6-16(23-7-10-25-11-8-23)18(15)19(21-22)20-17(24)13-26-12-14-4-3-9-27-14/h2,5-6,14H,3-4,7-13H2,1H3,(H,20,21,24)/t14-/m1/s1. The second-order valence-corrected chi connectivity index (χ2v) is 6.94. The maximum Gasteiger partial charge on any atom is 0.251 e. The van der Waals surface area contributed by atoms with Gasteiger partial charge in [0.2, 0.25) is 0 Å². The van der Waals surface area contributed by atoms with Gasteiger partial charge < -0.3 is 24.4 Å². The Hall–Kier alpha value is -2.16. The first-order valence-electron chi connectivity index (χ1n) is 9.50. The number of carbonyl (C=O) groups is 1. The number of nitrogens with zero attached hydrogens (tertiary/aromatic N) is 3. The van der Waals surface area contributed by atoms with E-state index in [4.69, 9.17) is 14.2 Å². The molecule has 0 bridgehead atoms. The topological polar surface area (TPSA) is 77.9 Å². The van der Waals surface area contributed by atoms with E-state index in [9.17, 15) is 4.79 Å². The normalized spacial score (nSPS) is 20.3. The zero-order valence-electron chi connectivity index (χ0n) is 15.6. The molecule has 146 valence electrons. The molecule has 2 aromatic rings. The third-order valence-electron chi connectivity index (χ3n) is 5.03. The predicted octanol–water partition coefficient (Wildman–Crippen LogP) is 1.54. The summed E-state index contributed by atoms with van der Waals surface area (Å²) in [5, 5.41) is 8.39. The van der Waals surface area contributed by atoms with Crippen LogP contribution in [0.3, 0.4) is 0 Å². The minimum atomic E-state index is -0.204. The number of aryl methyl sites for hydroxylation is 1. The first-order valence-corrected chi connectivity index (χ1v) is 9.50. The SMILES string of the molecule is Cn1nc(NC(=O)COC[C@H]2CCCO2)c2c(N3CCOCC3)cccc21. The van der Waals surface area contributed by atoms with Crippen LogP contribution in [0.25, 0.3) is 10.9 Å². The number of rotatable bonds is 6. The van der Waals surface area contributed by atoms with Crippen molar-refractivity contribution in [2.45, 2.75) is 18.9 Å². The fourth-order valence-electron chi connectivity index (χ4n) is 3.68. The molecule has 0 aliphatic carbocycles. The molecular formula is C19H26N4O4. The van der Waals surface area contributed by atoms with E-state index in [0.717, 1.165) is 49.1 Å². The predicted molar refractivity (Wildman–Crippen MR) is 102 cm³/mol. The van der Waals surface area contributed by atoms with Crippen molar-refractivity contribution in [2.24, 2.45) is 7.05 Å². The van der Waals surface area contributed by atoms with Crippen molar-refractivity contribution in [3.63, 3.8) is 0 Å². The van der Waals surface area contributed by atoms with Crippen LogP contribution in [0.1, 0.15) is 12.8 Å². The molecule has 1 aromatic carbocycles. The molecule has 2 fully saturated rings. The highest BCUT2D eigenvalue weighted by molar-refractivity contribution is 6.06. The van der Waals surface area contributed by atoms with Gasteiger partial charge in [0.05, 0.1) is 42.5 Å². The number of morpholine rings is 1. The number of carbonyl (C=O) groups excluding carboxylic acids is 1. The van der Waals surface area contributed by atoms with Gasteiger partial charge in [0.25, 0.3) is 5.91 Å². The number of nitrogens with one attached hydrogen (secondary N) is 1. The van der Waals surface area contributed by atoms with Crippen molar-refractivity contribution in [1.82, 2.24) is 9.78 Å². The highest BCUT2D eigenvalue weighted by Crippen LogP contribution is 2.33. The number of benzene rings is 1. The van der Waals surface area contributed by atoms with E-state index in [0.29, 0.717) is 25.6 Å². The Morgan fingerprint density at radius 2 is 2.19 bits per heavy atom. The molecule has 1 amide bonds. The van der Waals surface area contributed by atoms with Crippen LogP contribution in [0.15, 0.2) is 18.2 Å². The van der Waals surface area contributed by atoms with Crippen LogP contribution in [0, 0.1) is 0 Å². The smallest absolute Gasteiger partial charge is 0.251 e. The summed E-state index contributed by atoms with van der Waals surface area (Å²) >= 11 is 0. The van der Waals surface area contributed by atoms with Gasteiger partial charge in [-0.15, -0.1) is 0 Å². The van der Waals surface area contributed by atoms with E-state index in [1.54, 1.807) is 4.68 Å². The van der Waals surface area contributed by atoms with Crippen molar-refractivity contribution in [1.29, 1.82) is 0 Å². The maximum atomic E-state index is 12.4. The Balaban J connectivity index is 1.48. The molecule has 1 atom stereocenters. The molecule has 4 rings (SSSR count). The summed E-state index contributed by atoms with van der Waals surface area (Å²) < 4.78 is 18.3. The van der Waals surface area contributed by atoms with Gasteiger partial charge in [-0.3, -0.25) is 9.48 Å². The molecule has 2 saturated heterocycles. The van der Waals surface area contributed by atoms with E-state index in [1.807, 2.05) is 19.2 Å². The van der Waals surface area contributed by atoms with Crippen LogP contribution in [0.5, 0.6) is 0 Å². The Bertz CT molecular complexity index is 794. The van der Waals surface area contributed by atoms with Gasteiger partial charge >= 0.3 is 0 Å². The van der Waals surface area contributed by atoms with Gasteiger partial charge in [0.15, 0.2) is 5.82 Å². The molecule has 2 aliphatic heterocycles. The van der Waals surface area contributed by atoms with E-state index in [2.05, 4.69) is 21.4 Å². The van der Waals surface area contributed by atoms with Crippen molar-refractivity contribution in [3.05, 3.63) is 18.2 Å². The third kappa shape index (κ3) is 4.07. The molecule has 1 N–H and O–H groups in total. The first kappa shape index (κ1) is 18.2. The number of anilines is 2. The van der Waals surface area contributed by atoms with Crippen molar-refractivity contribution >= 4 is 28.3 Å². The number of hydrogen-bond donors (Lipinski definition) is 1. The molecule has 2 aliphatic rings. The Labute approximate surface area is 158 Å². The van der Waals surface area contributed by atoms with Crippen molar-refractivity contribution < 1.29 is 19.0 Å². The number of aromatic nitrogens is 2.